The fourth-order valence-corrected chi connectivity index (χ4v) is 4.32. The first kappa shape index (κ1) is 22.6. The molecule has 1 aliphatic rings. The highest BCUT2D eigenvalue weighted by molar-refractivity contribution is 6.30. The molecule has 1 saturated heterocycles. The summed E-state index contributed by atoms with van der Waals surface area (Å²) in [4.78, 5) is 17.5. The number of rotatable bonds is 7. The molecular weight excluding hydrogens is 401 g/mol. The van der Waals surface area contributed by atoms with Gasteiger partial charge in [0.2, 0.25) is 0 Å². The monoisotopic (exact) mass is 431 g/mol. The smallest absolute Gasteiger partial charge is 0.317 e. The Morgan fingerprint density at radius 3 is 2.57 bits per heavy atom. The number of anilines is 1. The molecule has 0 aliphatic carbocycles. The summed E-state index contributed by atoms with van der Waals surface area (Å²) >= 11 is 5.84. The molecule has 3 rings (SSSR count). The molecule has 162 valence electrons. The molecule has 4 nitrogen and oxygen atoms in total. The van der Waals surface area contributed by atoms with Crippen molar-refractivity contribution in [2.75, 3.05) is 18.4 Å². The minimum absolute atomic E-state index is 0.116. The van der Waals surface area contributed by atoms with Gasteiger partial charge in [-0.2, -0.15) is 0 Å². The Balaban J connectivity index is 1.73. The summed E-state index contributed by atoms with van der Waals surface area (Å²) in [5, 5.41) is 3.05. The van der Waals surface area contributed by atoms with Crippen molar-refractivity contribution in [2.24, 2.45) is 0 Å². The Kier molecular flexibility index (Phi) is 8.11. The third kappa shape index (κ3) is 5.96. The predicted octanol–water partition coefficient (Wildman–Crippen LogP) is 6.17. The number of hydrogen-bond donors (Lipinski definition) is 1. The molecule has 2 aromatic rings. The van der Waals surface area contributed by atoms with Gasteiger partial charge in [-0.15, -0.1) is 0 Å². The topological polar surface area (TPSA) is 35.6 Å². The van der Waals surface area contributed by atoms with Crippen LogP contribution in [0.3, 0.4) is 0 Å². The van der Waals surface area contributed by atoms with Crippen LogP contribution in [0.2, 0.25) is 5.02 Å². The van der Waals surface area contributed by atoms with Crippen LogP contribution in [0.25, 0.3) is 0 Å². The van der Waals surface area contributed by atoms with E-state index in [2.05, 4.69) is 24.1 Å². The first-order valence-corrected chi connectivity index (χ1v) is 11.2. The Bertz CT molecular complexity index is 824. The van der Waals surface area contributed by atoms with Crippen LogP contribution in [0.15, 0.2) is 48.5 Å². The molecule has 0 spiro atoms. The standard InChI is InChI=1S/C24H31ClFN3O/c1-3-7-18(2)28-14-12-21(13-15-28)29(17-19-8-5-4-6-9-19)24(30)27-23-11-10-20(25)16-22(23)26/h4-6,8-11,16,18,21H,3,7,12-15,17H2,1-2H3,(H,27,30). The van der Waals surface area contributed by atoms with Crippen molar-refractivity contribution in [3.63, 3.8) is 0 Å². The molecule has 30 heavy (non-hydrogen) atoms. The molecule has 2 aromatic carbocycles. The first-order valence-electron chi connectivity index (χ1n) is 10.8. The fourth-order valence-electron chi connectivity index (χ4n) is 4.16. The Labute approximate surface area is 184 Å². The number of carbonyl (C=O) groups is 1. The molecule has 2 amide bonds. The zero-order valence-electron chi connectivity index (χ0n) is 17.8. The van der Waals surface area contributed by atoms with Gasteiger partial charge < -0.3 is 15.1 Å². The van der Waals surface area contributed by atoms with Crippen LogP contribution in [0.1, 0.15) is 45.1 Å². The van der Waals surface area contributed by atoms with Crippen molar-refractivity contribution in [3.05, 3.63) is 64.9 Å². The van der Waals surface area contributed by atoms with Crippen LogP contribution in [0, 0.1) is 5.82 Å². The minimum atomic E-state index is -0.529. The molecule has 1 heterocycles. The van der Waals surface area contributed by atoms with Crippen LogP contribution < -0.4 is 5.32 Å². The first-order chi connectivity index (χ1) is 14.5. The van der Waals surface area contributed by atoms with Gasteiger partial charge in [0.1, 0.15) is 5.82 Å². The summed E-state index contributed by atoms with van der Waals surface area (Å²) in [5.41, 5.74) is 1.21. The van der Waals surface area contributed by atoms with Crippen molar-refractivity contribution in [1.82, 2.24) is 9.80 Å². The Hall–Kier alpha value is -2.11. The van der Waals surface area contributed by atoms with Crippen molar-refractivity contribution >= 4 is 23.3 Å². The van der Waals surface area contributed by atoms with E-state index in [1.807, 2.05) is 35.2 Å². The summed E-state index contributed by atoms with van der Waals surface area (Å²) in [6.45, 7) is 6.93. The summed E-state index contributed by atoms with van der Waals surface area (Å²) < 4.78 is 14.2. The average molecular weight is 432 g/mol. The van der Waals surface area contributed by atoms with Gasteiger partial charge in [-0.05, 0) is 49.9 Å². The molecule has 0 aromatic heterocycles. The molecule has 1 atom stereocenters. The number of carbonyl (C=O) groups excluding carboxylic acids is 1. The molecule has 1 aliphatic heterocycles. The van der Waals surface area contributed by atoms with Crippen molar-refractivity contribution in [2.45, 2.75) is 58.2 Å². The largest absolute Gasteiger partial charge is 0.322 e. The molecule has 1 unspecified atom stereocenters. The van der Waals surface area contributed by atoms with Crippen LogP contribution in [-0.4, -0.2) is 41.0 Å². The lowest BCUT2D eigenvalue weighted by Gasteiger charge is -2.40. The third-order valence-corrected chi connectivity index (χ3v) is 6.13. The fraction of sp³-hybridized carbons (Fsp3) is 0.458. The van der Waals surface area contributed by atoms with Crippen molar-refractivity contribution in [3.8, 4) is 0 Å². The minimum Gasteiger partial charge on any atom is -0.317 e. The summed E-state index contributed by atoms with van der Waals surface area (Å²) in [5.74, 6) is -0.529. The normalized spacial score (nSPS) is 16.3. The Morgan fingerprint density at radius 1 is 1.23 bits per heavy atom. The van der Waals surface area contributed by atoms with Gasteiger partial charge in [0.25, 0.3) is 0 Å². The second kappa shape index (κ2) is 10.8. The third-order valence-electron chi connectivity index (χ3n) is 5.90. The maximum absolute atomic E-state index is 14.2. The number of halogens is 2. The highest BCUT2D eigenvalue weighted by atomic mass is 35.5. The highest BCUT2D eigenvalue weighted by Crippen LogP contribution is 2.24. The number of likely N-dealkylation sites (tertiary alicyclic amines) is 1. The number of benzene rings is 2. The van der Waals surface area contributed by atoms with E-state index in [1.54, 1.807) is 6.07 Å². The van der Waals surface area contributed by atoms with Gasteiger partial charge in [0.05, 0.1) is 5.69 Å². The average Bonchev–Trinajstić information content (AvgIpc) is 2.75. The maximum atomic E-state index is 14.2. The van der Waals surface area contributed by atoms with E-state index >= 15 is 0 Å². The second-order valence-corrected chi connectivity index (χ2v) is 8.51. The zero-order chi connectivity index (χ0) is 21.5. The number of urea groups is 1. The Morgan fingerprint density at radius 2 is 1.93 bits per heavy atom. The van der Waals surface area contributed by atoms with E-state index in [0.29, 0.717) is 17.6 Å². The van der Waals surface area contributed by atoms with Crippen molar-refractivity contribution < 1.29 is 9.18 Å². The summed E-state index contributed by atoms with van der Waals surface area (Å²) in [6, 6.07) is 14.6. The van der Waals surface area contributed by atoms with Crippen LogP contribution in [0.5, 0.6) is 0 Å². The number of piperidine rings is 1. The van der Waals surface area contributed by atoms with E-state index in [-0.39, 0.29) is 17.8 Å². The molecule has 1 N–H and O–H groups in total. The number of nitrogens with one attached hydrogen (secondary N) is 1. The zero-order valence-corrected chi connectivity index (χ0v) is 18.5. The number of nitrogens with zero attached hydrogens (tertiary/aromatic N) is 2. The second-order valence-electron chi connectivity index (χ2n) is 8.07. The van der Waals surface area contributed by atoms with E-state index in [0.717, 1.165) is 31.5 Å². The van der Waals surface area contributed by atoms with E-state index in [1.165, 1.54) is 25.0 Å². The maximum Gasteiger partial charge on any atom is 0.322 e. The lowest BCUT2D eigenvalue weighted by atomic mass is 10.00. The van der Waals surface area contributed by atoms with E-state index in [4.69, 9.17) is 11.6 Å². The molecule has 1 fully saturated rings. The van der Waals surface area contributed by atoms with Crippen LogP contribution in [0.4, 0.5) is 14.9 Å². The van der Waals surface area contributed by atoms with Gasteiger partial charge in [-0.3, -0.25) is 0 Å². The van der Waals surface area contributed by atoms with Crippen LogP contribution in [-0.2, 0) is 6.54 Å². The number of amides is 2. The van der Waals surface area contributed by atoms with Gasteiger partial charge in [0, 0.05) is 36.7 Å². The molecule has 0 bridgehead atoms. The van der Waals surface area contributed by atoms with Crippen molar-refractivity contribution in [1.29, 1.82) is 0 Å². The molecule has 6 heteroatoms. The van der Waals surface area contributed by atoms with E-state index in [9.17, 15) is 9.18 Å². The highest BCUT2D eigenvalue weighted by Gasteiger charge is 2.30. The molecule has 0 saturated carbocycles. The van der Waals surface area contributed by atoms with Gasteiger partial charge in [-0.25, -0.2) is 9.18 Å². The molecular formula is C24H31ClFN3O. The lowest BCUT2D eigenvalue weighted by Crippen LogP contribution is -2.50. The summed E-state index contributed by atoms with van der Waals surface area (Å²) in [6.07, 6.45) is 4.19. The van der Waals surface area contributed by atoms with Gasteiger partial charge in [-0.1, -0.05) is 55.3 Å². The predicted molar refractivity (Wildman–Crippen MR) is 121 cm³/mol. The SMILES string of the molecule is CCCC(C)N1CCC(N(Cc2ccccc2)C(=O)Nc2ccc(Cl)cc2F)CC1. The lowest BCUT2D eigenvalue weighted by molar-refractivity contribution is 0.0989. The number of hydrogen-bond acceptors (Lipinski definition) is 2. The quantitative estimate of drug-likeness (QED) is 0.569. The van der Waals surface area contributed by atoms with Gasteiger partial charge in [0.15, 0.2) is 0 Å². The van der Waals surface area contributed by atoms with E-state index < -0.39 is 5.82 Å². The van der Waals surface area contributed by atoms with Gasteiger partial charge >= 0.3 is 6.03 Å². The summed E-state index contributed by atoms with van der Waals surface area (Å²) in [7, 11) is 0. The van der Waals surface area contributed by atoms with Crippen LogP contribution >= 0.6 is 11.6 Å². The molecule has 0 radical (unpaired) electrons.